The number of furan rings is 3. The van der Waals surface area contributed by atoms with E-state index in [1.807, 2.05) is 76.5 Å². The van der Waals surface area contributed by atoms with Crippen molar-refractivity contribution in [2.24, 2.45) is 0 Å². The average Bonchev–Trinajstić information content (AvgIpc) is 1.52. The van der Waals surface area contributed by atoms with Crippen LogP contribution in [-0.4, -0.2) is 0 Å². The monoisotopic (exact) mass is 1740 g/mol. The number of thiophene rings is 3. The van der Waals surface area contributed by atoms with Gasteiger partial charge in [0.15, 0.2) is 5.58 Å². The molecule has 0 saturated carbocycles. The number of anilines is 11. The zero-order valence-electron chi connectivity index (χ0n) is 70.9. The lowest BCUT2D eigenvalue weighted by molar-refractivity contribution is 0.616. The molecule has 0 fully saturated rings. The van der Waals surface area contributed by atoms with E-state index in [0.29, 0.717) is 0 Å². The molecular formula is C120H81N5O3S3. The molecule has 622 valence electrons. The molecule has 131 heavy (non-hydrogen) atoms. The third-order valence-corrected chi connectivity index (χ3v) is 27.8. The van der Waals surface area contributed by atoms with Gasteiger partial charge in [0, 0.05) is 145 Å². The second-order valence-electron chi connectivity index (χ2n) is 32.6. The van der Waals surface area contributed by atoms with E-state index in [1.165, 1.54) is 116 Å². The third kappa shape index (κ3) is 16.1. The van der Waals surface area contributed by atoms with Crippen molar-refractivity contribution in [3.63, 3.8) is 0 Å². The molecule has 6 aromatic heterocycles. The van der Waals surface area contributed by atoms with Gasteiger partial charge in [0.25, 0.3) is 0 Å². The lowest BCUT2D eigenvalue weighted by Gasteiger charge is -2.27. The molecule has 4 N–H and O–H groups in total. The molecule has 0 radical (unpaired) electrons. The van der Waals surface area contributed by atoms with E-state index < -0.39 is 0 Å². The Morgan fingerprint density at radius 2 is 0.611 bits per heavy atom. The molecule has 26 aromatic rings. The number of rotatable bonds is 15. The van der Waals surface area contributed by atoms with E-state index in [4.69, 9.17) is 13.3 Å². The van der Waals surface area contributed by atoms with Crippen LogP contribution in [0.3, 0.4) is 0 Å². The van der Waals surface area contributed by atoms with Crippen LogP contribution in [0.25, 0.3) is 171 Å². The molecule has 0 spiro atoms. The minimum Gasteiger partial charge on any atom is -0.464 e. The number of nitrogens with one attached hydrogen (secondary N) is 4. The fourth-order valence-corrected chi connectivity index (χ4v) is 21.3. The molecule has 26 rings (SSSR count). The summed E-state index contributed by atoms with van der Waals surface area (Å²) in [6, 6.07) is 162. The van der Waals surface area contributed by atoms with Gasteiger partial charge in [-0.1, -0.05) is 285 Å². The molecule has 8 nitrogen and oxygen atoms in total. The first-order chi connectivity index (χ1) is 64.8. The molecule has 20 aromatic carbocycles. The van der Waals surface area contributed by atoms with Crippen molar-refractivity contribution in [3.8, 4) is 44.5 Å². The second-order valence-corrected chi connectivity index (χ2v) is 35.8. The largest absolute Gasteiger partial charge is 0.464 e. The Morgan fingerprint density at radius 1 is 0.191 bits per heavy atom. The van der Waals surface area contributed by atoms with Gasteiger partial charge >= 0.3 is 0 Å². The van der Waals surface area contributed by atoms with E-state index in [-0.39, 0.29) is 0 Å². The van der Waals surface area contributed by atoms with Crippen LogP contribution in [-0.2, 0) is 0 Å². The summed E-state index contributed by atoms with van der Waals surface area (Å²) in [6.45, 7) is 0. The number of para-hydroxylation sites is 3. The number of fused-ring (bicyclic) bond motifs is 17. The van der Waals surface area contributed by atoms with Gasteiger partial charge in [0.1, 0.15) is 22.3 Å². The third-order valence-electron chi connectivity index (χ3n) is 24.3. The molecular weight excluding hydrogens is 1660 g/mol. The maximum Gasteiger partial charge on any atom is 0.158 e. The SMILES string of the molecule is c1ccc(-c2cccc(N(c3cccc(Nc4cccc5c4sc4ccccc45)c3)c3cccc(-c4ccccc4)c3)c2)cc1.c1ccc2c(Nc3ccc4ccoc4c3)cccc2c1.c1ccc2c(c1)oc1c(Nc3ccc4c(c3)sc3ccccc34)cccc12.c1ccc2c(c1)oc1ccc(-c3ccc(Nc4ccc(-c5ccc6sc7ccccc7c6c5)cc4)cc3)cc12. The van der Waals surface area contributed by atoms with Crippen LogP contribution in [0.2, 0.25) is 0 Å². The molecule has 0 saturated heterocycles. The van der Waals surface area contributed by atoms with Crippen molar-refractivity contribution in [1.29, 1.82) is 0 Å². The topological polar surface area (TPSA) is 90.8 Å². The zero-order chi connectivity index (χ0) is 86.9. The number of benzene rings is 20. The van der Waals surface area contributed by atoms with E-state index in [2.05, 4.69) is 445 Å². The van der Waals surface area contributed by atoms with Crippen LogP contribution in [0.15, 0.2) is 481 Å². The van der Waals surface area contributed by atoms with Crippen LogP contribution >= 0.6 is 34.0 Å². The highest BCUT2D eigenvalue weighted by molar-refractivity contribution is 7.27. The maximum atomic E-state index is 6.13. The molecule has 0 amide bonds. The van der Waals surface area contributed by atoms with E-state index in [9.17, 15) is 0 Å². The highest BCUT2D eigenvalue weighted by Crippen LogP contribution is 2.46. The van der Waals surface area contributed by atoms with Gasteiger partial charge in [-0.25, -0.2) is 0 Å². The average molecular weight is 1740 g/mol. The van der Waals surface area contributed by atoms with Gasteiger partial charge in [0.2, 0.25) is 0 Å². The Hall–Kier alpha value is -16.5. The van der Waals surface area contributed by atoms with Crippen molar-refractivity contribution in [2.75, 3.05) is 26.2 Å². The number of nitrogens with zero attached hydrogens (tertiary/aromatic N) is 1. The summed E-state index contributed by atoms with van der Waals surface area (Å²) in [5.74, 6) is 0. The normalized spacial score (nSPS) is 11.4. The Morgan fingerprint density at radius 3 is 1.31 bits per heavy atom. The predicted molar refractivity (Wildman–Crippen MR) is 562 cm³/mol. The van der Waals surface area contributed by atoms with Gasteiger partial charge in [-0.15, -0.1) is 34.0 Å². The summed E-state index contributed by atoms with van der Waals surface area (Å²) >= 11 is 5.52. The lowest BCUT2D eigenvalue weighted by Crippen LogP contribution is -2.10. The molecule has 0 unspecified atom stereocenters. The molecule has 6 heterocycles. The Bertz CT molecular complexity index is 8460. The van der Waals surface area contributed by atoms with E-state index >= 15 is 0 Å². The number of hydrogen-bond acceptors (Lipinski definition) is 11. The van der Waals surface area contributed by atoms with E-state index in [0.717, 1.165) is 117 Å². The predicted octanol–water partition coefficient (Wildman–Crippen LogP) is 36.7. The van der Waals surface area contributed by atoms with Crippen LogP contribution in [0.4, 0.5) is 62.6 Å². The van der Waals surface area contributed by atoms with Crippen molar-refractivity contribution in [3.05, 3.63) is 467 Å². The van der Waals surface area contributed by atoms with E-state index in [1.54, 1.807) is 6.26 Å². The first-order valence-corrected chi connectivity index (χ1v) is 46.3. The fourth-order valence-electron chi connectivity index (χ4n) is 17.9. The van der Waals surface area contributed by atoms with Gasteiger partial charge < -0.3 is 39.4 Å². The zero-order valence-corrected chi connectivity index (χ0v) is 73.3. The van der Waals surface area contributed by atoms with Crippen molar-refractivity contribution >= 4 is 223 Å². The number of hydrogen-bond donors (Lipinski definition) is 4. The Balaban J connectivity index is 0.000000103. The summed E-state index contributed by atoms with van der Waals surface area (Å²) in [4.78, 5) is 2.35. The van der Waals surface area contributed by atoms with Crippen LogP contribution in [0.5, 0.6) is 0 Å². The first-order valence-electron chi connectivity index (χ1n) is 43.9. The molecule has 0 aliphatic carbocycles. The van der Waals surface area contributed by atoms with Gasteiger partial charge in [0.05, 0.1) is 22.3 Å². The van der Waals surface area contributed by atoms with Gasteiger partial charge in [-0.05, 0) is 220 Å². The van der Waals surface area contributed by atoms with Crippen LogP contribution < -0.4 is 26.2 Å². The highest BCUT2D eigenvalue weighted by atomic mass is 32.1. The first kappa shape index (κ1) is 79.1. The standard InChI is InChI=1S/C42H30N2S.C36H23NOS.C24H15NOS.C18H13NO/c1-3-13-30(14-4-1)32-17-9-20-35(27-32)44(36-21-10-18-33(28-36)31-15-5-2-6-16-31)37-22-11-19-34(29-37)43-40-25-12-24-39-38-23-7-8-26-41(38)45-42(39)40;1-3-7-33-29(5-1)31-21-25(13-19-34(31)38-33)23-9-15-27(16-10-23)37-28-17-11-24(12-18-28)26-14-20-36-32(22-26)30-6-2-4-8-35(30)39-36;1-3-10-21-16(6-1)19-8-5-9-20(24(19)26-21)25-15-12-13-18-17-7-2-4-11-22(17)27-23(18)14-15;1-2-6-16-13(4-1)5-3-7-17(16)19-15-9-8-14-10-11-20-18(14)12-15/h1-29,43H;1-22,37H;1-14,25H;1-12,19H. The summed E-state index contributed by atoms with van der Waals surface area (Å²) in [5.41, 5.74) is 25.9. The Kier molecular flexibility index (Phi) is 21.1. The quantitative estimate of drug-likeness (QED) is 0.0807. The molecule has 0 bridgehead atoms. The summed E-state index contributed by atoms with van der Waals surface area (Å²) in [5, 5.41) is 30.4. The van der Waals surface area contributed by atoms with Crippen molar-refractivity contribution in [1.82, 2.24) is 0 Å². The minimum atomic E-state index is 0.898. The van der Waals surface area contributed by atoms with Gasteiger partial charge in [-0.3, -0.25) is 0 Å². The van der Waals surface area contributed by atoms with Gasteiger partial charge in [-0.2, -0.15) is 0 Å². The van der Waals surface area contributed by atoms with Crippen LogP contribution in [0, 0.1) is 0 Å². The molecule has 0 atom stereocenters. The van der Waals surface area contributed by atoms with Crippen molar-refractivity contribution < 1.29 is 13.3 Å². The highest BCUT2D eigenvalue weighted by Gasteiger charge is 2.20. The second kappa shape index (κ2) is 35.0. The fraction of sp³-hybridized carbons (Fsp3) is 0. The van der Waals surface area contributed by atoms with Crippen molar-refractivity contribution in [2.45, 2.75) is 0 Å². The van der Waals surface area contributed by atoms with Crippen LogP contribution in [0.1, 0.15) is 0 Å². The molecule has 0 aliphatic rings. The summed E-state index contributed by atoms with van der Waals surface area (Å²) in [7, 11) is 0. The summed E-state index contributed by atoms with van der Waals surface area (Å²) in [6.07, 6.45) is 1.71. The molecule has 11 heteroatoms. The summed E-state index contributed by atoms with van der Waals surface area (Å²) < 4.78 is 25.4. The molecule has 0 aliphatic heterocycles. The Labute approximate surface area is 768 Å². The maximum absolute atomic E-state index is 6.13. The minimum absolute atomic E-state index is 0.898. The smallest absolute Gasteiger partial charge is 0.158 e. The lowest BCUT2D eigenvalue weighted by atomic mass is 10.0.